The standard InChI is InChI=1S/C28H30N4O2S/c1-5-34-25-15-13-24(14-16-25)32-27(22-8-6-7-20(4)17-22)30-31-28(32)35-18-26(33)29-23-11-9-21(10-12-23)19(2)3/h6-17,19H,5,18H2,1-4H3,(H,29,33). The molecular formula is C28H30N4O2S. The number of nitrogens with one attached hydrogen (secondary N) is 1. The Balaban J connectivity index is 1.56. The van der Waals surface area contributed by atoms with Crippen molar-refractivity contribution in [3.63, 3.8) is 0 Å². The van der Waals surface area contributed by atoms with Crippen molar-refractivity contribution < 1.29 is 9.53 Å². The lowest BCUT2D eigenvalue weighted by atomic mass is 10.0. The molecule has 7 heteroatoms. The van der Waals surface area contributed by atoms with Gasteiger partial charge in [-0.1, -0.05) is 61.5 Å². The molecule has 0 bridgehead atoms. The SMILES string of the molecule is CCOc1ccc(-n2c(SCC(=O)Nc3ccc(C(C)C)cc3)nnc2-c2cccc(C)c2)cc1. The van der Waals surface area contributed by atoms with Crippen LogP contribution in [-0.2, 0) is 4.79 Å². The number of carbonyl (C=O) groups excluding carboxylic acids is 1. The van der Waals surface area contributed by atoms with E-state index in [1.54, 1.807) is 0 Å². The average Bonchev–Trinajstić information content (AvgIpc) is 3.28. The van der Waals surface area contributed by atoms with Gasteiger partial charge in [-0.2, -0.15) is 0 Å². The number of thioether (sulfide) groups is 1. The molecule has 1 amide bonds. The summed E-state index contributed by atoms with van der Waals surface area (Å²) >= 11 is 1.36. The van der Waals surface area contributed by atoms with Crippen molar-refractivity contribution in [1.82, 2.24) is 14.8 Å². The molecule has 0 saturated carbocycles. The number of nitrogens with zero attached hydrogens (tertiary/aromatic N) is 3. The summed E-state index contributed by atoms with van der Waals surface area (Å²) in [4.78, 5) is 12.7. The van der Waals surface area contributed by atoms with Gasteiger partial charge in [-0.15, -0.1) is 10.2 Å². The molecule has 0 radical (unpaired) electrons. The van der Waals surface area contributed by atoms with Crippen molar-refractivity contribution in [3.05, 3.63) is 83.9 Å². The van der Waals surface area contributed by atoms with Crippen LogP contribution in [0.4, 0.5) is 5.69 Å². The second-order valence-electron chi connectivity index (χ2n) is 8.55. The van der Waals surface area contributed by atoms with E-state index in [9.17, 15) is 4.79 Å². The lowest BCUT2D eigenvalue weighted by Gasteiger charge is -2.12. The Hall–Kier alpha value is -3.58. The zero-order chi connectivity index (χ0) is 24.8. The van der Waals surface area contributed by atoms with Gasteiger partial charge in [0.2, 0.25) is 5.91 Å². The molecule has 180 valence electrons. The van der Waals surface area contributed by atoms with Crippen LogP contribution in [0.2, 0.25) is 0 Å². The minimum absolute atomic E-state index is 0.0920. The number of rotatable bonds is 9. The molecule has 0 saturated heterocycles. The molecule has 0 aliphatic carbocycles. The zero-order valence-electron chi connectivity index (χ0n) is 20.5. The first-order chi connectivity index (χ1) is 16.9. The molecule has 0 atom stereocenters. The quantitative estimate of drug-likeness (QED) is 0.274. The molecular weight excluding hydrogens is 456 g/mol. The smallest absolute Gasteiger partial charge is 0.234 e. The van der Waals surface area contributed by atoms with Crippen molar-refractivity contribution in [2.45, 2.75) is 38.8 Å². The zero-order valence-corrected chi connectivity index (χ0v) is 21.3. The van der Waals surface area contributed by atoms with Crippen molar-refractivity contribution in [2.24, 2.45) is 0 Å². The lowest BCUT2D eigenvalue weighted by molar-refractivity contribution is -0.113. The molecule has 4 aromatic rings. The third-order valence-corrected chi connectivity index (χ3v) is 6.44. The van der Waals surface area contributed by atoms with E-state index < -0.39 is 0 Å². The van der Waals surface area contributed by atoms with E-state index in [1.807, 2.05) is 72.2 Å². The normalized spacial score (nSPS) is 11.0. The minimum Gasteiger partial charge on any atom is -0.494 e. The van der Waals surface area contributed by atoms with Crippen LogP contribution >= 0.6 is 11.8 Å². The molecule has 1 aromatic heterocycles. The summed E-state index contributed by atoms with van der Waals surface area (Å²) in [7, 11) is 0. The van der Waals surface area contributed by atoms with Gasteiger partial charge in [0.05, 0.1) is 12.4 Å². The van der Waals surface area contributed by atoms with Crippen LogP contribution in [-0.4, -0.2) is 33.0 Å². The second kappa shape index (κ2) is 11.2. The van der Waals surface area contributed by atoms with Crippen LogP contribution in [0, 0.1) is 6.92 Å². The number of ether oxygens (including phenoxy) is 1. The van der Waals surface area contributed by atoms with Gasteiger partial charge in [-0.25, -0.2) is 0 Å². The first-order valence-electron chi connectivity index (χ1n) is 11.7. The van der Waals surface area contributed by atoms with Crippen LogP contribution in [0.25, 0.3) is 17.1 Å². The second-order valence-corrected chi connectivity index (χ2v) is 9.49. The van der Waals surface area contributed by atoms with Gasteiger partial charge < -0.3 is 10.1 Å². The van der Waals surface area contributed by atoms with Gasteiger partial charge in [0, 0.05) is 16.9 Å². The molecule has 4 rings (SSSR count). The van der Waals surface area contributed by atoms with E-state index in [4.69, 9.17) is 4.74 Å². The molecule has 1 heterocycles. The average molecular weight is 487 g/mol. The molecule has 0 aliphatic heterocycles. The number of carbonyl (C=O) groups is 1. The highest BCUT2D eigenvalue weighted by atomic mass is 32.2. The highest BCUT2D eigenvalue weighted by molar-refractivity contribution is 7.99. The van der Waals surface area contributed by atoms with E-state index in [-0.39, 0.29) is 11.7 Å². The summed E-state index contributed by atoms with van der Waals surface area (Å²) in [5.41, 5.74) is 5.04. The maximum atomic E-state index is 12.7. The molecule has 0 spiro atoms. The maximum absolute atomic E-state index is 12.7. The number of aromatic nitrogens is 3. The molecule has 6 nitrogen and oxygen atoms in total. The van der Waals surface area contributed by atoms with Gasteiger partial charge >= 0.3 is 0 Å². The van der Waals surface area contributed by atoms with Crippen molar-refractivity contribution >= 4 is 23.4 Å². The summed E-state index contributed by atoms with van der Waals surface area (Å²) < 4.78 is 7.58. The predicted molar refractivity (Wildman–Crippen MR) is 143 cm³/mol. The molecule has 0 aliphatic rings. The Morgan fingerprint density at radius 2 is 1.77 bits per heavy atom. The van der Waals surface area contributed by atoms with Crippen LogP contribution in [0.15, 0.2) is 78.0 Å². The highest BCUT2D eigenvalue weighted by Crippen LogP contribution is 2.29. The Morgan fingerprint density at radius 3 is 2.43 bits per heavy atom. The van der Waals surface area contributed by atoms with Gasteiger partial charge in [0.25, 0.3) is 0 Å². The maximum Gasteiger partial charge on any atom is 0.234 e. The number of hydrogen-bond donors (Lipinski definition) is 1. The number of amides is 1. The largest absolute Gasteiger partial charge is 0.494 e. The minimum atomic E-state index is -0.0920. The highest BCUT2D eigenvalue weighted by Gasteiger charge is 2.18. The van der Waals surface area contributed by atoms with E-state index in [1.165, 1.54) is 17.3 Å². The number of hydrogen-bond acceptors (Lipinski definition) is 5. The summed E-state index contributed by atoms with van der Waals surface area (Å²) in [6, 6.07) is 24.0. The molecule has 3 aromatic carbocycles. The van der Waals surface area contributed by atoms with Gasteiger partial charge in [-0.3, -0.25) is 9.36 Å². The first kappa shape index (κ1) is 24.5. The van der Waals surface area contributed by atoms with Crippen LogP contribution in [0.3, 0.4) is 0 Å². The van der Waals surface area contributed by atoms with Crippen LogP contribution in [0.5, 0.6) is 5.75 Å². The topological polar surface area (TPSA) is 69.0 Å². The Labute approximate surface area is 210 Å². The summed E-state index contributed by atoms with van der Waals surface area (Å²) in [6.07, 6.45) is 0. The number of anilines is 1. The Morgan fingerprint density at radius 1 is 1.03 bits per heavy atom. The molecule has 0 unspecified atom stereocenters. The predicted octanol–water partition coefficient (Wildman–Crippen LogP) is 6.50. The Kier molecular flexibility index (Phi) is 7.87. The van der Waals surface area contributed by atoms with Gasteiger partial charge in [-0.05, 0) is 67.8 Å². The van der Waals surface area contributed by atoms with E-state index in [0.717, 1.165) is 34.1 Å². The van der Waals surface area contributed by atoms with Crippen molar-refractivity contribution in [2.75, 3.05) is 17.7 Å². The number of benzene rings is 3. The summed E-state index contributed by atoms with van der Waals surface area (Å²) in [5.74, 6) is 2.11. The molecule has 35 heavy (non-hydrogen) atoms. The van der Waals surface area contributed by atoms with Gasteiger partial charge in [0.1, 0.15) is 5.75 Å². The van der Waals surface area contributed by atoms with Gasteiger partial charge in [0.15, 0.2) is 11.0 Å². The first-order valence-corrected chi connectivity index (χ1v) is 12.7. The molecule has 0 fully saturated rings. The fraction of sp³-hybridized carbons (Fsp3) is 0.250. The monoisotopic (exact) mass is 486 g/mol. The molecule has 1 N–H and O–H groups in total. The van der Waals surface area contributed by atoms with E-state index in [2.05, 4.69) is 48.4 Å². The third kappa shape index (κ3) is 6.11. The number of aryl methyl sites for hydroxylation is 1. The fourth-order valence-electron chi connectivity index (χ4n) is 3.70. The van der Waals surface area contributed by atoms with Crippen LogP contribution < -0.4 is 10.1 Å². The van der Waals surface area contributed by atoms with E-state index >= 15 is 0 Å². The third-order valence-electron chi connectivity index (χ3n) is 5.51. The fourth-order valence-corrected chi connectivity index (χ4v) is 4.46. The van der Waals surface area contributed by atoms with Crippen molar-refractivity contribution in [1.29, 1.82) is 0 Å². The lowest BCUT2D eigenvalue weighted by Crippen LogP contribution is -2.14. The summed E-state index contributed by atoms with van der Waals surface area (Å²) in [6.45, 7) is 8.92. The summed E-state index contributed by atoms with van der Waals surface area (Å²) in [5, 5.41) is 12.5. The van der Waals surface area contributed by atoms with Crippen LogP contribution in [0.1, 0.15) is 37.8 Å². The van der Waals surface area contributed by atoms with Crippen molar-refractivity contribution in [3.8, 4) is 22.8 Å². The Bertz CT molecular complexity index is 1280. The van der Waals surface area contributed by atoms with E-state index in [0.29, 0.717) is 17.7 Å².